The second-order valence-corrected chi connectivity index (χ2v) is 2.40. The lowest BCUT2D eigenvalue weighted by molar-refractivity contribution is -0.142. The van der Waals surface area contributed by atoms with Gasteiger partial charge in [-0.25, -0.2) is 0 Å². The maximum Gasteiger partial charge on any atom is 0.319 e. The van der Waals surface area contributed by atoms with Gasteiger partial charge >= 0.3 is 5.97 Å². The Kier molecular flexibility index (Phi) is 6.91. The lowest BCUT2D eigenvalue weighted by Gasteiger charge is -2.03. The van der Waals surface area contributed by atoms with Crippen LogP contribution >= 0.6 is 0 Å². The molecule has 0 aromatic heterocycles. The molecule has 0 aliphatic carbocycles. The summed E-state index contributed by atoms with van der Waals surface area (Å²) in [5, 5.41) is 5.28. The van der Waals surface area contributed by atoms with Crippen LogP contribution in [0.15, 0.2) is 0 Å². The third kappa shape index (κ3) is 7.27. The second kappa shape index (κ2) is 7.54. The molecule has 0 radical (unpaired) electrons. The van der Waals surface area contributed by atoms with Gasteiger partial charge in [0.05, 0.1) is 13.2 Å². The molecule has 0 saturated heterocycles. The van der Waals surface area contributed by atoms with Gasteiger partial charge in [0, 0.05) is 20.0 Å². The predicted octanol–water partition coefficient (Wildman–Crippen LogP) is -0.725. The highest BCUT2D eigenvalue weighted by molar-refractivity contribution is 5.76. The number of esters is 1. The number of hydrogen-bond donors (Lipinski definition) is 2. The maximum absolute atomic E-state index is 10.8. The van der Waals surface area contributed by atoms with E-state index < -0.39 is 0 Å². The molecule has 0 bridgehead atoms. The van der Waals surface area contributed by atoms with Crippen LogP contribution in [0.2, 0.25) is 0 Å². The summed E-state index contributed by atoms with van der Waals surface area (Å²) >= 11 is 0. The average molecular weight is 188 g/mol. The van der Waals surface area contributed by atoms with E-state index in [0.29, 0.717) is 19.6 Å². The third-order valence-corrected chi connectivity index (χ3v) is 1.38. The van der Waals surface area contributed by atoms with Crippen molar-refractivity contribution in [3.63, 3.8) is 0 Å². The Bertz CT molecular complexity index is 171. The Morgan fingerprint density at radius 1 is 1.38 bits per heavy atom. The van der Waals surface area contributed by atoms with Crippen LogP contribution in [0.4, 0.5) is 0 Å². The first-order chi connectivity index (χ1) is 6.20. The first kappa shape index (κ1) is 11.9. The zero-order valence-electron chi connectivity index (χ0n) is 8.05. The van der Waals surface area contributed by atoms with Gasteiger partial charge in [0.25, 0.3) is 0 Å². The van der Waals surface area contributed by atoms with Gasteiger partial charge in [-0.1, -0.05) is 0 Å². The first-order valence-corrected chi connectivity index (χ1v) is 4.27. The van der Waals surface area contributed by atoms with E-state index in [0.717, 1.165) is 0 Å². The van der Waals surface area contributed by atoms with Gasteiger partial charge < -0.3 is 15.4 Å². The number of nitrogens with one attached hydrogen (secondary N) is 2. The van der Waals surface area contributed by atoms with E-state index in [1.807, 2.05) is 0 Å². The summed E-state index contributed by atoms with van der Waals surface area (Å²) in [7, 11) is 1.58. The molecule has 1 amide bonds. The lowest BCUT2D eigenvalue weighted by Crippen LogP contribution is -2.29. The summed E-state index contributed by atoms with van der Waals surface area (Å²) in [5.41, 5.74) is 0. The SMILES string of the molecule is CCOC(=O)CNCCC(=O)NC. The number of carbonyl (C=O) groups is 2. The predicted molar refractivity (Wildman–Crippen MR) is 48.2 cm³/mol. The Morgan fingerprint density at radius 3 is 2.62 bits per heavy atom. The smallest absolute Gasteiger partial charge is 0.319 e. The van der Waals surface area contributed by atoms with E-state index in [4.69, 9.17) is 0 Å². The fourth-order valence-corrected chi connectivity index (χ4v) is 0.729. The van der Waals surface area contributed by atoms with Gasteiger partial charge in [0.2, 0.25) is 5.91 Å². The van der Waals surface area contributed by atoms with Gasteiger partial charge in [-0.05, 0) is 6.92 Å². The van der Waals surface area contributed by atoms with Crippen molar-refractivity contribution in [2.24, 2.45) is 0 Å². The Labute approximate surface area is 77.8 Å². The van der Waals surface area contributed by atoms with Crippen molar-refractivity contribution < 1.29 is 14.3 Å². The van der Waals surface area contributed by atoms with Gasteiger partial charge in [-0.2, -0.15) is 0 Å². The molecular weight excluding hydrogens is 172 g/mol. The fraction of sp³-hybridized carbons (Fsp3) is 0.750. The molecule has 0 rings (SSSR count). The van der Waals surface area contributed by atoms with Crippen molar-refractivity contribution in [3.8, 4) is 0 Å². The van der Waals surface area contributed by atoms with Crippen LogP contribution in [-0.2, 0) is 14.3 Å². The topological polar surface area (TPSA) is 67.4 Å². The minimum absolute atomic E-state index is 0.0450. The molecule has 0 atom stereocenters. The standard InChI is InChI=1S/C8H16N2O3/c1-3-13-8(12)6-10-5-4-7(11)9-2/h10H,3-6H2,1-2H3,(H,9,11). The number of rotatable bonds is 6. The average Bonchev–Trinajstić information content (AvgIpc) is 2.12. The zero-order chi connectivity index (χ0) is 10.1. The van der Waals surface area contributed by atoms with Crippen LogP contribution in [-0.4, -0.2) is 38.6 Å². The van der Waals surface area contributed by atoms with Crippen molar-refractivity contribution in [1.82, 2.24) is 10.6 Å². The van der Waals surface area contributed by atoms with Crippen molar-refractivity contribution >= 4 is 11.9 Å². The largest absolute Gasteiger partial charge is 0.465 e. The molecule has 0 saturated carbocycles. The van der Waals surface area contributed by atoms with E-state index in [9.17, 15) is 9.59 Å². The molecule has 0 aliphatic rings. The number of amides is 1. The molecule has 0 aliphatic heterocycles. The van der Waals surface area contributed by atoms with Gasteiger partial charge in [0.15, 0.2) is 0 Å². The summed E-state index contributed by atoms with van der Waals surface area (Å²) < 4.78 is 4.67. The number of hydrogen-bond acceptors (Lipinski definition) is 4. The van der Waals surface area contributed by atoms with Crippen molar-refractivity contribution in [2.45, 2.75) is 13.3 Å². The number of ether oxygens (including phenoxy) is 1. The summed E-state index contributed by atoms with van der Waals surface area (Å²) in [5.74, 6) is -0.337. The summed E-state index contributed by atoms with van der Waals surface area (Å²) in [6, 6.07) is 0. The Hall–Kier alpha value is -1.10. The highest BCUT2D eigenvalue weighted by Crippen LogP contribution is 1.78. The zero-order valence-corrected chi connectivity index (χ0v) is 8.05. The van der Waals surface area contributed by atoms with Crippen molar-refractivity contribution in [3.05, 3.63) is 0 Å². The quantitative estimate of drug-likeness (QED) is 0.426. The second-order valence-electron chi connectivity index (χ2n) is 2.40. The molecule has 5 nitrogen and oxygen atoms in total. The summed E-state index contributed by atoms with van der Waals surface area (Å²) in [6.07, 6.45) is 0.371. The highest BCUT2D eigenvalue weighted by Gasteiger charge is 2.01. The molecule has 2 N–H and O–H groups in total. The van der Waals surface area contributed by atoms with Crippen LogP contribution in [0.3, 0.4) is 0 Å². The molecule has 13 heavy (non-hydrogen) atoms. The molecule has 5 heteroatoms. The van der Waals surface area contributed by atoms with Crippen LogP contribution in [0, 0.1) is 0 Å². The van der Waals surface area contributed by atoms with Crippen LogP contribution < -0.4 is 10.6 Å². The van der Waals surface area contributed by atoms with Crippen molar-refractivity contribution in [2.75, 3.05) is 26.7 Å². The Balaban J connectivity index is 3.25. The van der Waals surface area contributed by atoms with Gasteiger partial charge in [-0.3, -0.25) is 9.59 Å². The molecule has 0 aromatic rings. The molecule has 0 unspecified atom stereocenters. The van der Waals surface area contributed by atoms with Gasteiger partial charge in [-0.15, -0.1) is 0 Å². The van der Waals surface area contributed by atoms with Gasteiger partial charge in [0.1, 0.15) is 0 Å². The molecule has 0 heterocycles. The lowest BCUT2D eigenvalue weighted by atomic mass is 10.4. The van der Waals surface area contributed by atoms with Crippen molar-refractivity contribution in [1.29, 1.82) is 0 Å². The highest BCUT2D eigenvalue weighted by atomic mass is 16.5. The normalized spacial score (nSPS) is 9.38. The van der Waals surface area contributed by atoms with E-state index >= 15 is 0 Å². The van der Waals surface area contributed by atoms with E-state index in [1.165, 1.54) is 0 Å². The molecule has 0 fully saturated rings. The van der Waals surface area contributed by atoms with E-state index in [2.05, 4.69) is 15.4 Å². The molecule has 0 spiro atoms. The van der Waals surface area contributed by atoms with Crippen LogP contribution in [0.25, 0.3) is 0 Å². The molecular formula is C8H16N2O3. The molecule has 0 aromatic carbocycles. The minimum Gasteiger partial charge on any atom is -0.465 e. The number of carbonyl (C=O) groups excluding carboxylic acids is 2. The Morgan fingerprint density at radius 2 is 2.08 bits per heavy atom. The monoisotopic (exact) mass is 188 g/mol. The van der Waals surface area contributed by atoms with Crippen LogP contribution in [0.1, 0.15) is 13.3 Å². The maximum atomic E-state index is 10.8. The summed E-state index contributed by atoms with van der Waals surface area (Å²) in [6.45, 7) is 2.78. The first-order valence-electron chi connectivity index (χ1n) is 4.27. The van der Waals surface area contributed by atoms with Crippen LogP contribution in [0.5, 0.6) is 0 Å². The third-order valence-electron chi connectivity index (χ3n) is 1.38. The fourth-order valence-electron chi connectivity index (χ4n) is 0.729. The van der Waals surface area contributed by atoms with E-state index in [-0.39, 0.29) is 18.4 Å². The minimum atomic E-state index is -0.292. The molecule has 76 valence electrons. The van der Waals surface area contributed by atoms with E-state index in [1.54, 1.807) is 14.0 Å². The summed E-state index contributed by atoms with van der Waals surface area (Å²) in [4.78, 5) is 21.5.